The van der Waals surface area contributed by atoms with Gasteiger partial charge in [0.1, 0.15) is 0 Å². The lowest BCUT2D eigenvalue weighted by molar-refractivity contribution is -0.385. The summed E-state index contributed by atoms with van der Waals surface area (Å²) in [5.74, 6) is -0.657. The van der Waals surface area contributed by atoms with Crippen LogP contribution in [0.1, 0.15) is 22.8 Å². The molecule has 21 heavy (non-hydrogen) atoms. The van der Waals surface area contributed by atoms with Gasteiger partial charge in [-0.05, 0) is 13.0 Å². The van der Waals surface area contributed by atoms with E-state index in [0.29, 0.717) is 18.2 Å². The number of hydrogen-bond donors (Lipinski definition) is 2. The molecule has 1 amide bonds. The van der Waals surface area contributed by atoms with E-state index in [1.54, 1.807) is 6.07 Å². The van der Waals surface area contributed by atoms with E-state index >= 15 is 0 Å². The molecule has 0 aromatic heterocycles. The van der Waals surface area contributed by atoms with Gasteiger partial charge in [0.15, 0.2) is 0 Å². The second-order valence-electron chi connectivity index (χ2n) is 4.99. The van der Waals surface area contributed by atoms with Gasteiger partial charge in [-0.25, -0.2) is 0 Å². The Bertz CT molecular complexity index is 538. The van der Waals surface area contributed by atoms with Crippen LogP contribution in [0.2, 0.25) is 0 Å². The molecule has 1 heterocycles. The van der Waals surface area contributed by atoms with Gasteiger partial charge in [0.25, 0.3) is 5.69 Å². The third-order valence-electron chi connectivity index (χ3n) is 3.58. The molecule has 0 saturated carbocycles. The Morgan fingerprint density at radius 3 is 2.86 bits per heavy atom. The Morgan fingerprint density at radius 1 is 1.57 bits per heavy atom. The summed E-state index contributed by atoms with van der Waals surface area (Å²) in [6.07, 6.45) is 0. The van der Waals surface area contributed by atoms with Crippen molar-refractivity contribution >= 4 is 24.0 Å². The number of nitrogens with one attached hydrogen (secondary N) is 1. The number of nitro benzene ring substituents is 1. The molecule has 1 aromatic carbocycles. The number of piperazine rings is 1. The number of rotatable bonds is 4. The largest absolute Gasteiger partial charge is 0.366 e. The summed E-state index contributed by atoms with van der Waals surface area (Å²) >= 11 is 0. The molecule has 0 spiro atoms. The van der Waals surface area contributed by atoms with Crippen molar-refractivity contribution in [2.45, 2.75) is 19.5 Å². The predicted molar refractivity (Wildman–Crippen MR) is 81.6 cm³/mol. The van der Waals surface area contributed by atoms with Crippen molar-refractivity contribution in [1.82, 2.24) is 10.2 Å². The van der Waals surface area contributed by atoms with Crippen LogP contribution in [-0.2, 0) is 6.54 Å². The third kappa shape index (κ3) is 4.13. The summed E-state index contributed by atoms with van der Waals surface area (Å²) in [6, 6.07) is 4.73. The fourth-order valence-corrected chi connectivity index (χ4v) is 2.36. The van der Waals surface area contributed by atoms with Crippen LogP contribution in [-0.4, -0.2) is 41.4 Å². The van der Waals surface area contributed by atoms with Crippen LogP contribution in [0.15, 0.2) is 18.2 Å². The first-order chi connectivity index (χ1) is 9.49. The van der Waals surface area contributed by atoms with Crippen molar-refractivity contribution in [3.8, 4) is 0 Å². The zero-order chi connectivity index (χ0) is 14.7. The molecule has 0 bridgehead atoms. The molecule has 8 heteroatoms. The molecule has 2 rings (SSSR count). The first-order valence-corrected chi connectivity index (χ1v) is 6.51. The molecule has 1 saturated heterocycles. The molecule has 1 atom stereocenters. The second kappa shape index (κ2) is 7.35. The van der Waals surface area contributed by atoms with Crippen molar-refractivity contribution in [1.29, 1.82) is 0 Å². The Hall–Kier alpha value is -1.70. The zero-order valence-electron chi connectivity index (χ0n) is 11.7. The first-order valence-electron chi connectivity index (χ1n) is 6.51. The average Bonchev–Trinajstić information content (AvgIpc) is 2.41. The molecule has 116 valence electrons. The predicted octanol–water partition coefficient (Wildman–Crippen LogP) is 0.909. The van der Waals surface area contributed by atoms with Crippen LogP contribution >= 0.6 is 12.4 Å². The highest BCUT2D eigenvalue weighted by Gasteiger charge is 2.23. The number of carbonyl (C=O) groups excluding carboxylic acids is 1. The smallest absolute Gasteiger partial charge is 0.274 e. The monoisotopic (exact) mass is 314 g/mol. The molecule has 0 radical (unpaired) electrons. The van der Waals surface area contributed by atoms with Crippen LogP contribution < -0.4 is 11.1 Å². The maximum atomic E-state index is 11.1. The van der Waals surface area contributed by atoms with Gasteiger partial charge < -0.3 is 11.1 Å². The van der Waals surface area contributed by atoms with E-state index in [2.05, 4.69) is 17.1 Å². The van der Waals surface area contributed by atoms with Gasteiger partial charge in [0.2, 0.25) is 5.91 Å². The highest BCUT2D eigenvalue weighted by atomic mass is 35.5. The van der Waals surface area contributed by atoms with E-state index in [-0.39, 0.29) is 23.7 Å². The maximum absolute atomic E-state index is 11.1. The zero-order valence-corrected chi connectivity index (χ0v) is 12.6. The summed E-state index contributed by atoms with van der Waals surface area (Å²) in [6.45, 7) is 5.16. The maximum Gasteiger partial charge on any atom is 0.274 e. The third-order valence-corrected chi connectivity index (χ3v) is 3.58. The molecular weight excluding hydrogens is 296 g/mol. The fraction of sp³-hybridized carbons (Fsp3) is 0.462. The van der Waals surface area contributed by atoms with Gasteiger partial charge in [-0.15, -0.1) is 12.4 Å². The van der Waals surface area contributed by atoms with Gasteiger partial charge in [-0.1, -0.05) is 6.07 Å². The summed E-state index contributed by atoms with van der Waals surface area (Å²) in [5, 5.41) is 14.4. The number of benzene rings is 1. The van der Waals surface area contributed by atoms with E-state index in [4.69, 9.17) is 5.73 Å². The topological polar surface area (TPSA) is 102 Å². The quantitative estimate of drug-likeness (QED) is 0.635. The van der Waals surface area contributed by atoms with E-state index in [1.165, 1.54) is 12.1 Å². The number of carbonyl (C=O) groups is 1. The minimum absolute atomic E-state index is 0. The van der Waals surface area contributed by atoms with Gasteiger partial charge >= 0.3 is 0 Å². The van der Waals surface area contributed by atoms with E-state index in [9.17, 15) is 14.9 Å². The Kier molecular flexibility index (Phi) is 6.07. The fourth-order valence-electron chi connectivity index (χ4n) is 2.36. The Morgan fingerprint density at radius 2 is 2.29 bits per heavy atom. The number of halogens is 1. The molecule has 1 unspecified atom stereocenters. The molecule has 1 aromatic rings. The Balaban J connectivity index is 0.00000220. The van der Waals surface area contributed by atoms with Gasteiger partial charge in [-0.3, -0.25) is 19.8 Å². The normalized spacial score (nSPS) is 18.8. The average molecular weight is 315 g/mol. The minimum atomic E-state index is -0.657. The molecular formula is C13H19ClN4O3. The standard InChI is InChI=1S/C13H18N4O3.ClH/c1-9-7-15-4-5-16(9)8-11-3-2-10(13(14)18)6-12(11)17(19)20;/h2-3,6,9,15H,4-5,7-8H2,1H3,(H2,14,18);1H. The summed E-state index contributed by atoms with van der Waals surface area (Å²) in [5.41, 5.74) is 5.88. The van der Waals surface area contributed by atoms with Gasteiger partial charge in [-0.2, -0.15) is 0 Å². The first kappa shape index (κ1) is 17.4. The molecule has 1 aliphatic heterocycles. The summed E-state index contributed by atoms with van der Waals surface area (Å²) in [7, 11) is 0. The van der Waals surface area contributed by atoms with Crippen molar-refractivity contribution in [2.24, 2.45) is 5.73 Å². The van der Waals surface area contributed by atoms with Crippen LogP contribution in [0.25, 0.3) is 0 Å². The molecule has 7 nitrogen and oxygen atoms in total. The van der Waals surface area contributed by atoms with E-state index in [0.717, 1.165) is 19.6 Å². The number of hydrogen-bond acceptors (Lipinski definition) is 5. The molecule has 1 aliphatic rings. The van der Waals surface area contributed by atoms with Crippen molar-refractivity contribution in [3.05, 3.63) is 39.4 Å². The van der Waals surface area contributed by atoms with Gasteiger partial charge in [0.05, 0.1) is 4.92 Å². The van der Waals surface area contributed by atoms with Gasteiger partial charge in [0, 0.05) is 49.4 Å². The Labute approximate surface area is 129 Å². The highest BCUT2D eigenvalue weighted by molar-refractivity contribution is 5.93. The molecule has 1 fully saturated rings. The highest BCUT2D eigenvalue weighted by Crippen LogP contribution is 2.23. The van der Waals surface area contributed by atoms with E-state index in [1.807, 2.05) is 0 Å². The number of amides is 1. The SMILES string of the molecule is CC1CNCCN1Cc1ccc(C(N)=O)cc1[N+](=O)[O-].Cl. The summed E-state index contributed by atoms with van der Waals surface area (Å²) < 4.78 is 0. The van der Waals surface area contributed by atoms with Crippen LogP contribution in [0.4, 0.5) is 5.69 Å². The lowest BCUT2D eigenvalue weighted by Crippen LogP contribution is -2.49. The van der Waals surface area contributed by atoms with Crippen molar-refractivity contribution in [2.75, 3.05) is 19.6 Å². The van der Waals surface area contributed by atoms with Crippen molar-refractivity contribution < 1.29 is 9.72 Å². The molecule has 3 N–H and O–H groups in total. The number of nitrogens with zero attached hydrogens (tertiary/aromatic N) is 2. The summed E-state index contributed by atoms with van der Waals surface area (Å²) in [4.78, 5) is 24.0. The number of primary amides is 1. The second-order valence-corrected chi connectivity index (χ2v) is 4.99. The number of nitro groups is 1. The van der Waals surface area contributed by atoms with Crippen LogP contribution in [0.5, 0.6) is 0 Å². The van der Waals surface area contributed by atoms with Crippen LogP contribution in [0, 0.1) is 10.1 Å². The van der Waals surface area contributed by atoms with E-state index < -0.39 is 10.8 Å². The minimum Gasteiger partial charge on any atom is -0.366 e. The van der Waals surface area contributed by atoms with Crippen molar-refractivity contribution in [3.63, 3.8) is 0 Å². The van der Waals surface area contributed by atoms with Crippen LogP contribution in [0.3, 0.4) is 0 Å². The molecule has 0 aliphatic carbocycles. The lowest BCUT2D eigenvalue weighted by Gasteiger charge is -2.33. The lowest BCUT2D eigenvalue weighted by atomic mass is 10.1. The number of nitrogens with two attached hydrogens (primary N) is 1.